The summed E-state index contributed by atoms with van der Waals surface area (Å²) in [4.78, 5) is 34.0. The number of rotatable bonds is 6. The molecule has 4 rings (SSSR count). The molecule has 1 saturated heterocycles. The van der Waals surface area contributed by atoms with Crippen molar-refractivity contribution in [2.24, 2.45) is 4.99 Å². The Morgan fingerprint density at radius 1 is 1.06 bits per heavy atom. The van der Waals surface area contributed by atoms with Crippen LogP contribution in [-0.2, 0) is 14.8 Å². The van der Waals surface area contributed by atoms with Crippen molar-refractivity contribution in [3.63, 3.8) is 0 Å². The van der Waals surface area contributed by atoms with E-state index in [0.29, 0.717) is 38.2 Å². The molecule has 1 fully saturated rings. The summed E-state index contributed by atoms with van der Waals surface area (Å²) in [5.41, 5.74) is 0.737. The molecule has 180 valence electrons. The number of nitrogens with one attached hydrogen (secondary N) is 1. The fourth-order valence-electron chi connectivity index (χ4n) is 4.17. The van der Waals surface area contributed by atoms with Crippen LogP contribution in [0.4, 0.5) is 4.39 Å². The van der Waals surface area contributed by atoms with Crippen LogP contribution in [0.5, 0.6) is 0 Å². The predicted octanol–water partition coefficient (Wildman–Crippen LogP) is 2.41. The molecule has 2 aromatic carbocycles. The first-order valence-corrected chi connectivity index (χ1v) is 12.8. The maximum atomic E-state index is 13.5. The van der Waals surface area contributed by atoms with Crippen molar-refractivity contribution in [3.8, 4) is 0 Å². The molecule has 0 aliphatic carbocycles. The van der Waals surface area contributed by atoms with Gasteiger partial charge in [-0.25, -0.2) is 12.8 Å². The van der Waals surface area contributed by atoms with Crippen LogP contribution in [0, 0.1) is 5.82 Å². The molecule has 0 saturated carbocycles. The number of carbonyl (C=O) groups is 2. The number of carbonyl (C=O) groups excluding carboxylic acids is 2. The molecule has 1 unspecified atom stereocenters. The van der Waals surface area contributed by atoms with E-state index in [1.54, 1.807) is 34.1 Å². The standard InChI is InChI=1S/C24H27FN4O4S/c1-2-3-10-20(26-22-19-9-4-5-11-21(19)34(32,33)27-22)24(31)29-14-12-28(13-15-29)23(30)17-7-6-8-18(25)16-17/h4-9,11,16,20H,2-3,10,12-15H2,1H3,(H,26,27). The van der Waals surface area contributed by atoms with E-state index in [1.165, 1.54) is 24.3 Å². The number of hydrogen-bond donors (Lipinski definition) is 1. The molecule has 1 N–H and O–H groups in total. The van der Waals surface area contributed by atoms with Gasteiger partial charge in [-0.15, -0.1) is 0 Å². The molecule has 0 bridgehead atoms. The normalized spacial score (nSPS) is 18.9. The van der Waals surface area contributed by atoms with Gasteiger partial charge in [-0.3, -0.25) is 19.3 Å². The Morgan fingerprint density at radius 3 is 2.47 bits per heavy atom. The highest BCUT2D eigenvalue weighted by Gasteiger charge is 2.33. The number of hydrogen-bond acceptors (Lipinski definition) is 5. The fourth-order valence-corrected chi connectivity index (χ4v) is 5.41. The highest BCUT2D eigenvalue weighted by molar-refractivity contribution is 7.90. The van der Waals surface area contributed by atoms with E-state index in [2.05, 4.69) is 9.71 Å². The van der Waals surface area contributed by atoms with Crippen molar-refractivity contribution in [1.29, 1.82) is 0 Å². The molecule has 2 aliphatic heterocycles. The summed E-state index contributed by atoms with van der Waals surface area (Å²) in [6.07, 6.45) is 2.12. The Morgan fingerprint density at radius 2 is 1.76 bits per heavy atom. The minimum Gasteiger partial charge on any atom is -0.337 e. The molecule has 10 heteroatoms. The lowest BCUT2D eigenvalue weighted by atomic mass is 10.1. The van der Waals surface area contributed by atoms with Gasteiger partial charge in [0.2, 0.25) is 5.91 Å². The van der Waals surface area contributed by atoms with Gasteiger partial charge >= 0.3 is 0 Å². The van der Waals surface area contributed by atoms with E-state index < -0.39 is 21.9 Å². The van der Waals surface area contributed by atoms with Crippen LogP contribution in [-0.4, -0.2) is 68.1 Å². The second-order valence-corrected chi connectivity index (χ2v) is 10.0. The summed E-state index contributed by atoms with van der Waals surface area (Å²) >= 11 is 0. The Bertz CT molecular complexity index is 1220. The molecule has 2 aromatic rings. The fraction of sp³-hybridized carbons (Fsp3) is 0.375. The van der Waals surface area contributed by atoms with Gasteiger partial charge in [-0.05, 0) is 36.8 Å². The second kappa shape index (κ2) is 9.92. The first-order chi connectivity index (χ1) is 16.3. The van der Waals surface area contributed by atoms with Crippen LogP contribution in [0.25, 0.3) is 0 Å². The average Bonchev–Trinajstić information content (AvgIpc) is 3.10. The van der Waals surface area contributed by atoms with Crippen molar-refractivity contribution in [2.75, 3.05) is 26.2 Å². The topological polar surface area (TPSA) is 99.1 Å². The van der Waals surface area contributed by atoms with Gasteiger partial charge in [0.05, 0.1) is 4.90 Å². The molecule has 0 aromatic heterocycles. The van der Waals surface area contributed by atoms with Crippen LogP contribution in [0.15, 0.2) is 58.4 Å². The van der Waals surface area contributed by atoms with Gasteiger partial charge in [-0.1, -0.05) is 38.0 Å². The molecule has 2 amide bonds. The van der Waals surface area contributed by atoms with Gasteiger partial charge in [0.15, 0.2) is 0 Å². The summed E-state index contributed by atoms with van der Waals surface area (Å²) in [6, 6.07) is 11.4. The summed E-state index contributed by atoms with van der Waals surface area (Å²) in [5.74, 6) is -0.750. The van der Waals surface area contributed by atoms with Crippen molar-refractivity contribution in [2.45, 2.75) is 37.1 Å². The Balaban J connectivity index is 1.48. The maximum absolute atomic E-state index is 13.5. The minimum absolute atomic E-state index is 0.153. The van der Waals surface area contributed by atoms with Gasteiger partial charge in [-0.2, -0.15) is 0 Å². The number of unbranched alkanes of at least 4 members (excludes halogenated alkanes) is 1. The number of amidine groups is 1. The van der Waals surface area contributed by atoms with Crippen LogP contribution in [0.2, 0.25) is 0 Å². The number of amides is 2. The largest absolute Gasteiger partial charge is 0.337 e. The first-order valence-electron chi connectivity index (χ1n) is 11.3. The van der Waals surface area contributed by atoms with Gasteiger partial charge in [0, 0.05) is 37.3 Å². The molecule has 2 heterocycles. The Hall–Kier alpha value is -3.27. The van der Waals surface area contributed by atoms with Crippen LogP contribution in [0.1, 0.15) is 42.1 Å². The van der Waals surface area contributed by atoms with Crippen LogP contribution < -0.4 is 4.72 Å². The lowest BCUT2D eigenvalue weighted by Gasteiger charge is -2.36. The van der Waals surface area contributed by atoms with Crippen molar-refractivity contribution >= 4 is 27.7 Å². The van der Waals surface area contributed by atoms with Gasteiger partial charge < -0.3 is 9.80 Å². The van der Waals surface area contributed by atoms with Gasteiger partial charge in [0.25, 0.3) is 15.9 Å². The quantitative estimate of drug-likeness (QED) is 0.678. The number of benzene rings is 2. The van der Waals surface area contributed by atoms with E-state index >= 15 is 0 Å². The van der Waals surface area contributed by atoms with Crippen molar-refractivity contribution in [1.82, 2.24) is 14.5 Å². The third-order valence-electron chi connectivity index (χ3n) is 6.01. The van der Waals surface area contributed by atoms with Gasteiger partial charge in [0.1, 0.15) is 17.7 Å². The zero-order chi connectivity index (χ0) is 24.3. The number of halogens is 1. The van der Waals surface area contributed by atoms with E-state index in [4.69, 9.17) is 0 Å². The van der Waals surface area contributed by atoms with Crippen LogP contribution in [0.3, 0.4) is 0 Å². The number of piperazine rings is 1. The average molecular weight is 487 g/mol. The SMILES string of the molecule is CCCCC(N=C1NS(=O)(=O)c2ccccc21)C(=O)N1CCN(C(=O)c2cccc(F)c2)CC1. The summed E-state index contributed by atoms with van der Waals surface area (Å²) in [7, 11) is -3.69. The third-order valence-corrected chi connectivity index (χ3v) is 7.41. The summed E-state index contributed by atoms with van der Waals surface area (Å²) in [6.45, 7) is 3.33. The van der Waals surface area contributed by atoms with E-state index in [9.17, 15) is 22.4 Å². The molecule has 0 spiro atoms. The Labute approximate surface area is 198 Å². The lowest BCUT2D eigenvalue weighted by Crippen LogP contribution is -2.52. The molecule has 0 radical (unpaired) electrons. The number of nitrogens with zero attached hydrogens (tertiary/aromatic N) is 3. The first kappa shape index (κ1) is 23.9. The minimum atomic E-state index is -3.69. The molecule has 8 nitrogen and oxygen atoms in total. The zero-order valence-corrected chi connectivity index (χ0v) is 19.7. The second-order valence-electron chi connectivity index (χ2n) is 8.37. The molecular formula is C24H27FN4O4S. The van der Waals surface area contributed by atoms with Crippen molar-refractivity contribution in [3.05, 3.63) is 65.5 Å². The number of sulfonamides is 1. The van der Waals surface area contributed by atoms with E-state index in [0.717, 1.165) is 12.8 Å². The molecule has 1 atom stereocenters. The highest BCUT2D eigenvalue weighted by Crippen LogP contribution is 2.24. The summed E-state index contributed by atoms with van der Waals surface area (Å²) in [5, 5.41) is 0. The summed E-state index contributed by atoms with van der Waals surface area (Å²) < 4.78 is 40.8. The monoisotopic (exact) mass is 486 g/mol. The molecule has 34 heavy (non-hydrogen) atoms. The lowest BCUT2D eigenvalue weighted by molar-refractivity contribution is -0.134. The van der Waals surface area contributed by atoms with Crippen LogP contribution >= 0.6 is 0 Å². The number of fused-ring (bicyclic) bond motifs is 1. The van der Waals surface area contributed by atoms with Crippen molar-refractivity contribution < 1.29 is 22.4 Å². The van der Waals surface area contributed by atoms with E-state index in [1.807, 2.05) is 6.92 Å². The zero-order valence-electron chi connectivity index (χ0n) is 18.9. The smallest absolute Gasteiger partial charge is 0.263 e. The maximum Gasteiger partial charge on any atom is 0.263 e. The number of aliphatic imine (C=N–C) groups is 1. The third kappa shape index (κ3) is 4.96. The van der Waals surface area contributed by atoms with E-state index in [-0.39, 0.29) is 28.1 Å². The Kier molecular flexibility index (Phi) is 6.97. The predicted molar refractivity (Wildman–Crippen MR) is 125 cm³/mol. The molecular weight excluding hydrogens is 459 g/mol. The molecule has 2 aliphatic rings. The highest BCUT2D eigenvalue weighted by atomic mass is 32.2.